The van der Waals surface area contributed by atoms with Gasteiger partial charge in [0.15, 0.2) is 5.78 Å². The van der Waals surface area contributed by atoms with Crippen LogP contribution in [0.15, 0.2) is 54.6 Å². The number of H-pyrrole nitrogens is 1. The third kappa shape index (κ3) is 3.80. The average Bonchev–Trinajstić information content (AvgIpc) is 3.09. The summed E-state index contributed by atoms with van der Waals surface area (Å²) in [6.07, 6.45) is 2.76. The fraction of sp³-hybridized carbons (Fsp3) is 0.0526. The van der Waals surface area contributed by atoms with E-state index in [1.807, 2.05) is 0 Å². The molecule has 0 fully saturated rings. The van der Waals surface area contributed by atoms with Gasteiger partial charge >= 0.3 is 0 Å². The molecule has 0 amide bonds. The number of halogens is 2. The number of nitrogens with one attached hydrogen (secondary N) is 1. The van der Waals surface area contributed by atoms with Gasteiger partial charge in [-0.3, -0.25) is 9.89 Å². The van der Waals surface area contributed by atoms with Crippen LogP contribution < -0.4 is 4.74 Å². The quantitative estimate of drug-likeness (QED) is 0.558. The third-order valence-electron chi connectivity index (χ3n) is 3.59. The molecule has 1 heterocycles. The molecule has 0 saturated carbocycles. The highest BCUT2D eigenvalue weighted by atomic mass is 19.1. The van der Waals surface area contributed by atoms with E-state index in [1.54, 1.807) is 18.2 Å². The van der Waals surface area contributed by atoms with E-state index in [9.17, 15) is 13.6 Å². The van der Waals surface area contributed by atoms with Crippen LogP contribution in [-0.2, 0) is 0 Å². The summed E-state index contributed by atoms with van der Waals surface area (Å²) in [5.74, 6) is -1.11. The normalized spacial score (nSPS) is 11.0. The predicted molar refractivity (Wildman–Crippen MR) is 90.3 cm³/mol. The molecule has 0 saturated heterocycles. The van der Waals surface area contributed by atoms with E-state index in [-0.39, 0.29) is 11.4 Å². The summed E-state index contributed by atoms with van der Waals surface area (Å²) in [5.41, 5.74) is 1.88. The minimum atomic E-state index is -0.648. The average molecular weight is 340 g/mol. The highest BCUT2D eigenvalue weighted by Crippen LogP contribution is 2.20. The molecule has 1 aromatic heterocycles. The van der Waals surface area contributed by atoms with E-state index in [2.05, 4.69) is 10.2 Å². The van der Waals surface area contributed by atoms with Crippen molar-refractivity contribution < 1.29 is 18.3 Å². The second kappa shape index (κ2) is 7.09. The number of hydrogen-bond acceptors (Lipinski definition) is 3. The molecule has 3 rings (SSSR count). The van der Waals surface area contributed by atoms with Crippen LogP contribution in [0.1, 0.15) is 16.1 Å². The van der Waals surface area contributed by atoms with Gasteiger partial charge in [-0.25, -0.2) is 8.78 Å². The van der Waals surface area contributed by atoms with Crippen LogP contribution in [0.5, 0.6) is 5.75 Å². The molecule has 0 aliphatic rings. The van der Waals surface area contributed by atoms with E-state index >= 15 is 0 Å². The van der Waals surface area contributed by atoms with Crippen LogP contribution in [0.4, 0.5) is 8.78 Å². The molecule has 126 valence electrons. The number of aromatic amines is 1. The lowest BCUT2D eigenvalue weighted by molar-refractivity contribution is 0.104. The van der Waals surface area contributed by atoms with Crippen molar-refractivity contribution in [2.45, 2.75) is 0 Å². The van der Waals surface area contributed by atoms with Crippen LogP contribution in [0.25, 0.3) is 17.3 Å². The van der Waals surface area contributed by atoms with Crippen molar-refractivity contribution in [3.63, 3.8) is 0 Å². The van der Waals surface area contributed by atoms with Gasteiger partial charge in [-0.15, -0.1) is 0 Å². The third-order valence-corrected chi connectivity index (χ3v) is 3.59. The van der Waals surface area contributed by atoms with Crippen LogP contribution in [0, 0.1) is 11.6 Å². The summed E-state index contributed by atoms with van der Waals surface area (Å²) >= 11 is 0. The summed E-state index contributed by atoms with van der Waals surface area (Å²) in [6, 6.07) is 11.7. The number of ether oxygens (including phenoxy) is 1. The molecule has 0 atom stereocenters. The lowest BCUT2D eigenvalue weighted by atomic mass is 10.1. The smallest absolute Gasteiger partial charge is 0.188 e. The Labute approximate surface area is 142 Å². The van der Waals surface area contributed by atoms with E-state index < -0.39 is 11.6 Å². The lowest BCUT2D eigenvalue weighted by Crippen LogP contribution is -1.99. The van der Waals surface area contributed by atoms with Gasteiger partial charge in [-0.1, -0.05) is 0 Å². The monoisotopic (exact) mass is 340 g/mol. The molecule has 25 heavy (non-hydrogen) atoms. The zero-order chi connectivity index (χ0) is 17.8. The number of aromatic nitrogens is 2. The first-order valence-electron chi connectivity index (χ1n) is 7.44. The molecule has 6 heteroatoms. The second-order valence-corrected chi connectivity index (χ2v) is 5.26. The minimum Gasteiger partial charge on any atom is -0.497 e. The number of carbonyl (C=O) groups excluding carboxylic acids is 1. The van der Waals surface area contributed by atoms with Gasteiger partial charge in [0.2, 0.25) is 0 Å². The number of benzene rings is 2. The van der Waals surface area contributed by atoms with Gasteiger partial charge in [0.05, 0.1) is 24.1 Å². The van der Waals surface area contributed by atoms with E-state index in [0.717, 1.165) is 11.6 Å². The van der Waals surface area contributed by atoms with E-state index in [1.165, 1.54) is 43.5 Å². The van der Waals surface area contributed by atoms with Gasteiger partial charge < -0.3 is 4.74 Å². The number of ketones is 1. The number of methoxy groups -OCH3 is 1. The molecule has 4 nitrogen and oxygen atoms in total. The Morgan fingerprint density at radius 1 is 1.12 bits per heavy atom. The maximum atomic E-state index is 13.9. The molecular weight excluding hydrogens is 326 g/mol. The Morgan fingerprint density at radius 2 is 1.88 bits per heavy atom. The van der Waals surface area contributed by atoms with E-state index in [0.29, 0.717) is 17.1 Å². The standard InChI is InChI=1S/C19H14F2N2O2/c1-25-15-7-8-16(17(21)11-15)19(24)9-6-14-10-18(23-22-14)12-2-4-13(20)5-3-12/h2-11H,1H3,(H,22,23). The molecule has 0 unspecified atom stereocenters. The van der Waals surface area contributed by atoms with Crippen LogP contribution >= 0.6 is 0 Å². The summed E-state index contributed by atoms with van der Waals surface area (Å²) < 4.78 is 31.7. The fourth-order valence-electron chi connectivity index (χ4n) is 2.27. The van der Waals surface area contributed by atoms with Gasteiger partial charge in [0.25, 0.3) is 0 Å². The number of nitrogens with zero attached hydrogens (tertiary/aromatic N) is 1. The predicted octanol–water partition coefficient (Wildman–Crippen LogP) is 4.26. The van der Waals surface area contributed by atoms with E-state index in [4.69, 9.17) is 4.74 Å². The van der Waals surface area contributed by atoms with Crippen LogP contribution in [0.2, 0.25) is 0 Å². The molecule has 3 aromatic rings. The van der Waals surface area contributed by atoms with Crippen LogP contribution in [0.3, 0.4) is 0 Å². The SMILES string of the molecule is COc1ccc(C(=O)C=Cc2cc(-c3ccc(F)cc3)n[nH]2)c(F)c1. The topological polar surface area (TPSA) is 55.0 Å². The zero-order valence-corrected chi connectivity index (χ0v) is 13.3. The molecule has 0 radical (unpaired) electrons. The largest absolute Gasteiger partial charge is 0.497 e. The van der Waals surface area contributed by atoms with Crippen molar-refractivity contribution >= 4 is 11.9 Å². The molecular formula is C19H14F2N2O2. The summed E-state index contributed by atoms with van der Waals surface area (Å²) in [5, 5.41) is 6.87. The number of rotatable bonds is 5. The van der Waals surface area contributed by atoms with Crippen molar-refractivity contribution in [2.75, 3.05) is 7.11 Å². The highest BCUT2D eigenvalue weighted by Gasteiger charge is 2.10. The first-order valence-corrected chi connectivity index (χ1v) is 7.44. The summed E-state index contributed by atoms with van der Waals surface area (Å²) in [6.45, 7) is 0. The second-order valence-electron chi connectivity index (χ2n) is 5.26. The Balaban J connectivity index is 1.76. The number of hydrogen-bond donors (Lipinski definition) is 1. The zero-order valence-electron chi connectivity index (χ0n) is 13.3. The molecule has 0 aliphatic carbocycles. The number of carbonyl (C=O) groups is 1. The molecule has 0 bridgehead atoms. The first kappa shape index (κ1) is 16.6. The molecule has 0 spiro atoms. The summed E-state index contributed by atoms with van der Waals surface area (Å²) in [7, 11) is 1.42. The van der Waals surface area contributed by atoms with Crippen LogP contribution in [-0.4, -0.2) is 23.1 Å². The Kier molecular flexibility index (Phi) is 4.70. The molecule has 0 aliphatic heterocycles. The maximum Gasteiger partial charge on any atom is 0.188 e. The van der Waals surface area contributed by atoms with Gasteiger partial charge in [-0.2, -0.15) is 5.10 Å². The Hall–Kier alpha value is -3.28. The van der Waals surface area contributed by atoms with Crippen molar-refractivity contribution in [1.82, 2.24) is 10.2 Å². The van der Waals surface area contributed by atoms with Gasteiger partial charge in [0, 0.05) is 11.6 Å². The minimum absolute atomic E-state index is 0.0460. The first-order chi connectivity index (χ1) is 12.1. The summed E-state index contributed by atoms with van der Waals surface area (Å²) in [4.78, 5) is 12.1. The molecule has 1 N–H and O–H groups in total. The van der Waals surface area contributed by atoms with Crippen molar-refractivity contribution in [1.29, 1.82) is 0 Å². The number of allylic oxidation sites excluding steroid dienone is 1. The fourth-order valence-corrected chi connectivity index (χ4v) is 2.27. The lowest BCUT2D eigenvalue weighted by Gasteiger charge is -2.02. The van der Waals surface area contributed by atoms with Gasteiger partial charge in [-0.05, 0) is 54.6 Å². The Morgan fingerprint density at radius 3 is 2.56 bits per heavy atom. The van der Waals surface area contributed by atoms with Gasteiger partial charge in [0.1, 0.15) is 17.4 Å². The maximum absolute atomic E-state index is 13.9. The molecule has 2 aromatic carbocycles. The van der Waals surface area contributed by atoms with Crippen molar-refractivity contribution in [3.8, 4) is 17.0 Å². The highest BCUT2D eigenvalue weighted by molar-refractivity contribution is 6.07. The Bertz CT molecular complexity index is 931. The van der Waals surface area contributed by atoms with Crippen molar-refractivity contribution in [2.24, 2.45) is 0 Å². The van der Waals surface area contributed by atoms with Crippen molar-refractivity contribution in [3.05, 3.63) is 77.5 Å².